The van der Waals surface area contributed by atoms with Crippen LogP contribution in [0.5, 0.6) is 5.75 Å². The first-order valence-corrected chi connectivity index (χ1v) is 5.31. The van der Waals surface area contributed by atoms with Crippen LogP contribution in [-0.2, 0) is 0 Å². The van der Waals surface area contributed by atoms with Crippen LogP contribution in [0.2, 0.25) is 0 Å². The summed E-state index contributed by atoms with van der Waals surface area (Å²) in [5, 5.41) is 29.4. The molecule has 0 aliphatic carbocycles. The topological polar surface area (TPSA) is 101 Å². The van der Waals surface area contributed by atoms with E-state index in [0.29, 0.717) is 11.1 Å². The molecule has 0 radical (unpaired) electrons. The second-order valence-corrected chi connectivity index (χ2v) is 3.82. The first kappa shape index (κ1) is 12.6. The molecule has 2 N–H and O–H groups in total. The zero-order chi connectivity index (χ0) is 14.0. The summed E-state index contributed by atoms with van der Waals surface area (Å²) in [6, 6.07) is 11.0. The third-order valence-corrected chi connectivity index (χ3v) is 2.62. The second kappa shape index (κ2) is 4.77. The molecule has 0 aliphatic rings. The van der Waals surface area contributed by atoms with E-state index in [1.807, 2.05) is 0 Å². The van der Waals surface area contributed by atoms with Crippen molar-refractivity contribution in [3.8, 4) is 16.9 Å². The highest BCUT2D eigenvalue weighted by Crippen LogP contribution is 2.35. The molecule has 0 saturated carbocycles. The number of carbonyl (C=O) groups is 1. The largest absolute Gasteiger partial charge is 0.501 e. The van der Waals surface area contributed by atoms with Crippen molar-refractivity contribution in [3.63, 3.8) is 0 Å². The zero-order valence-electron chi connectivity index (χ0n) is 9.61. The number of nitro benzene ring substituents is 1. The molecule has 19 heavy (non-hydrogen) atoms. The summed E-state index contributed by atoms with van der Waals surface area (Å²) < 4.78 is 0. The number of aromatic carboxylic acids is 1. The maximum atomic E-state index is 11.0. The molecule has 0 fully saturated rings. The molecular weight excluding hydrogens is 250 g/mol. The van der Waals surface area contributed by atoms with Gasteiger partial charge in [-0.1, -0.05) is 30.3 Å². The normalized spacial score (nSPS) is 10.1. The second-order valence-electron chi connectivity index (χ2n) is 3.82. The highest BCUT2D eigenvalue weighted by atomic mass is 16.6. The van der Waals surface area contributed by atoms with Crippen LogP contribution < -0.4 is 0 Å². The van der Waals surface area contributed by atoms with Gasteiger partial charge in [0.05, 0.1) is 4.92 Å². The minimum atomic E-state index is -1.42. The smallest absolute Gasteiger partial charge is 0.339 e. The van der Waals surface area contributed by atoms with Gasteiger partial charge in [0, 0.05) is 6.07 Å². The van der Waals surface area contributed by atoms with Crippen LogP contribution >= 0.6 is 0 Å². The van der Waals surface area contributed by atoms with E-state index in [9.17, 15) is 20.0 Å². The van der Waals surface area contributed by atoms with Crippen molar-refractivity contribution in [1.82, 2.24) is 0 Å². The fourth-order valence-electron chi connectivity index (χ4n) is 1.72. The van der Waals surface area contributed by atoms with Crippen LogP contribution in [-0.4, -0.2) is 21.1 Å². The molecule has 0 heterocycles. The predicted octanol–water partition coefficient (Wildman–Crippen LogP) is 2.67. The van der Waals surface area contributed by atoms with Crippen molar-refractivity contribution < 1.29 is 19.9 Å². The van der Waals surface area contributed by atoms with Crippen LogP contribution in [0.4, 0.5) is 5.69 Å². The summed E-state index contributed by atoms with van der Waals surface area (Å²) in [7, 11) is 0. The van der Waals surface area contributed by atoms with E-state index in [-0.39, 0.29) is 0 Å². The van der Waals surface area contributed by atoms with Gasteiger partial charge in [0.2, 0.25) is 5.75 Å². The van der Waals surface area contributed by atoms with Gasteiger partial charge < -0.3 is 10.2 Å². The minimum Gasteiger partial charge on any atom is -0.501 e. The number of carboxylic acids is 1. The first-order valence-electron chi connectivity index (χ1n) is 5.31. The van der Waals surface area contributed by atoms with E-state index in [0.717, 1.165) is 6.07 Å². The van der Waals surface area contributed by atoms with Crippen molar-refractivity contribution in [2.45, 2.75) is 0 Å². The number of phenols is 1. The SMILES string of the molecule is O=C(O)c1cc(-c2ccccc2)cc([N+](=O)[O-])c1O. The lowest BCUT2D eigenvalue weighted by atomic mass is 10.0. The molecule has 6 heteroatoms. The van der Waals surface area contributed by atoms with Gasteiger partial charge in [-0.3, -0.25) is 10.1 Å². The molecule has 0 atom stereocenters. The fourth-order valence-corrected chi connectivity index (χ4v) is 1.72. The average Bonchev–Trinajstić information content (AvgIpc) is 2.39. The average molecular weight is 259 g/mol. The number of carboxylic acid groups (broad SMARTS) is 1. The quantitative estimate of drug-likeness (QED) is 0.651. The number of hydrogen-bond donors (Lipinski definition) is 2. The lowest BCUT2D eigenvalue weighted by Gasteiger charge is -2.06. The summed E-state index contributed by atoms with van der Waals surface area (Å²) in [5.74, 6) is -2.25. The Morgan fingerprint density at radius 3 is 2.26 bits per heavy atom. The highest BCUT2D eigenvalue weighted by Gasteiger charge is 2.23. The molecule has 6 nitrogen and oxygen atoms in total. The number of nitrogens with zero attached hydrogens (tertiary/aromatic N) is 1. The van der Waals surface area contributed by atoms with Crippen molar-refractivity contribution in [3.05, 3.63) is 58.1 Å². The van der Waals surface area contributed by atoms with E-state index in [1.54, 1.807) is 30.3 Å². The maximum absolute atomic E-state index is 11.0. The zero-order valence-corrected chi connectivity index (χ0v) is 9.61. The molecule has 2 aromatic carbocycles. The summed E-state index contributed by atoms with van der Waals surface area (Å²) in [6.45, 7) is 0. The van der Waals surface area contributed by atoms with Gasteiger partial charge in [-0.25, -0.2) is 4.79 Å². The van der Waals surface area contributed by atoms with E-state index in [4.69, 9.17) is 5.11 Å². The molecule has 0 saturated heterocycles. The van der Waals surface area contributed by atoms with Crippen molar-refractivity contribution in [2.75, 3.05) is 0 Å². The van der Waals surface area contributed by atoms with Crippen molar-refractivity contribution in [1.29, 1.82) is 0 Å². The van der Waals surface area contributed by atoms with Gasteiger partial charge in [-0.2, -0.15) is 0 Å². The summed E-state index contributed by atoms with van der Waals surface area (Å²) >= 11 is 0. The molecule has 0 amide bonds. The van der Waals surface area contributed by atoms with E-state index >= 15 is 0 Å². The fraction of sp³-hybridized carbons (Fsp3) is 0. The van der Waals surface area contributed by atoms with Crippen LogP contribution in [0.3, 0.4) is 0 Å². The van der Waals surface area contributed by atoms with Crippen molar-refractivity contribution in [2.24, 2.45) is 0 Å². The Labute approximate surface area is 107 Å². The standard InChI is InChI=1S/C13H9NO5/c15-12-10(13(16)17)6-9(7-11(12)14(18)19)8-4-2-1-3-5-8/h1-7,15H,(H,16,17). The molecule has 0 bridgehead atoms. The van der Waals surface area contributed by atoms with E-state index in [2.05, 4.69) is 0 Å². The third-order valence-electron chi connectivity index (χ3n) is 2.62. The Morgan fingerprint density at radius 2 is 1.74 bits per heavy atom. The number of aromatic hydroxyl groups is 1. The molecule has 0 aliphatic heterocycles. The Morgan fingerprint density at radius 1 is 1.11 bits per heavy atom. The van der Waals surface area contributed by atoms with Crippen molar-refractivity contribution >= 4 is 11.7 Å². The molecular formula is C13H9NO5. The first-order chi connectivity index (χ1) is 9.00. The Bertz CT molecular complexity index is 616. The van der Waals surface area contributed by atoms with Gasteiger partial charge >= 0.3 is 11.7 Å². The number of hydrogen-bond acceptors (Lipinski definition) is 4. The lowest BCUT2D eigenvalue weighted by molar-refractivity contribution is -0.385. The molecule has 0 unspecified atom stereocenters. The number of benzene rings is 2. The highest BCUT2D eigenvalue weighted by molar-refractivity contribution is 5.94. The molecule has 0 aromatic heterocycles. The van der Waals surface area contributed by atoms with Crippen LogP contribution in [0.1, 0.15) is 10.4 Å². The Kier molecular flexibility index (Phi) is 3.15. The van der Waals surface area contributed by atoms with Gasteiger partial charge in [-0.05, 0) is 17.2 Å². The summed E-state index contributed by atoms with van der Waals surface area (Å²) in [6.07, 6.45) is 0. The Balaban J connectivity index is 2.70. The number of nitro groups is 1. The Hall–Kier alpha value is -2.89. The van der Waals surface area contributed by atoms with Crippen LogP contribution in [0.15, 0.2) is 42.5 Å². The molecule has 96 valence electrons. The van der Waals surface area contributed by atoms with Gasteiger partial charge in [0.15, 0.2) is 0 Å². The maximum Gasteiger partial charge on any atom is 0.339 e. The third kappa shape index (κ3) is 2.37. The predicted molar refractivity (Wildman–Crippen MR) is 67.2 cm³/mol. The van der Waals surface area contributed by atoms with Gasteiger partial charge in [0.25, 0.3) is 0 Å². The molecule has 2 aromatic rings. The summed E-state index contributed by atoms with van der Waals surface area (Å²) in [4.78, 5) is 21.0. The molecule has 2 rings (SSSR count). The van der Waals surface area contributed by atoms with Crippen LogP contribution in [0.25, 0.3) is 11.1 Å². The van der Waals surface area contributed by atoms with E-state index in [1.165, 1.54) is 6.07 Å². The lowest BCUT2D eigenvalue weighted by Crippen LogP contribution is -2.00. The van der Waals surface area contributed by atoms with Crippen LogP contribution in [0, 0.1) is 10.1 Å². The van der Waals surface area contributed by atoms with Gasteiger partial charge in [-0.15, -0.1) is 0 Å². The summed E-state index contributed by atoms with van der Waals surface area (Å²) in [5.41, 5.74) is -0.123. The molecule has 0 spiro atoms. The number of rotatable bonds is 3. The minimum absolute atomic E-state index is 0.363. The van der Waals surface area contributed by atoms with E-state index < -0.39 is 27.9 Å². The van der Waals surface area contributed by atoms with Gasteiger partial charge in [0.1, 0.15) is 5.56 Å². The monoisotopic (exact) mass is 259 g/mol.